The zero-order chi connectivity index (χ0) is 12.5. The van der Waals surface area contributed by atoms with Gasteiger partial charge in [0.1, 0.15) is 5.82 Å². The minimum atomic E-state index is 0.433. The molecule has 98 valence electrons. The molecule has 0 radical (unpaired) electrons. The number of halogens is 1. The largest absolute Gasteiger partial charge is 0.358 e. The third-order valence-electron chi connectivity index (χ3n) is 4.59. The Morgan fingerprint density at radius 3 is 2.89 bits per heavy atom. The molecular formula is C14H20ClN3. The second-order valence-corrected chi connectivity index (χ2v) is 6.08. The van der Waals surface area contributed by atoms with E-state index in [0.717, 1.165) is 35.8 Å². The van der Waals surface area contributed by atoms with Crippen LogP contribution in [0, 0.1) is 17.8 Å². The van der Waals surface area contributed by atoms with E-state index in [1.807, 2.05) is 6.20 Å². The maximum Gasteiger partial charge on any atom is 0.147 e. The standard InChI is InChI=1S/C14H20ClN3/c1-18(14-8-16-7-13(6-15)17-14)9-12-5-10-2-3-11(12)4-10/h7-8,10-12H,2-6,9H2,1H3. The van der Waals surface area contributed by atoms with E-state index in [4.69, 9.17) is 11.6 Å². The maximum absolute atomic E-state index is 5.80. The third-order valence-corrected chi connectivity index (χ3v) is 4.87. The van der Waals surface area contributed by atoms with Gasteiger partial charge in [-0.2, -0.15) is 0 Å². The van der Waals surface area contributed by atoms with Crippen molar-refractivity contribution < 1.29 is 0 Å². The summed E-state index contributed by atoms with van der Waals surface area (Å²) in [5.74, 6) is 4.21. The van der Waals surface area contributed by atoms with Gasteiger partial charge in [0.15, 0.2) is 0 Å². The van der Waals surface area contributed by atoms with Gasteiger partial charge in [-0.1, -0.05) is 6.42 Å². The highest BCUT2D eigenvalue weighted by Crippen LogP contribution is 2.48. The molecular weight excluding hydrogens is 246 g/mol. The molecule has 2 saturated carbocycles. The SMILES string of the molecule is CN(CC1CC2CCC1C2)c1cncc(CCl)n1. The van der Waals surface area contributed by atoms with Gasteiger partial charge in [0.2, 0.25) is 0 Å². The monoisotopic (exact) mass is 265 g/mol. The molecule has 4 heteroatoms. The smallest absolute Gasteiger partial charge is 0.147 e. The van der Waals surface area contributed by atoms with Gasteiger partial charge in [-0.05, 0) is 37.0 Å². The van der Waals surface area contributed by atoms with E-state index in [-0.39, 0.29) is 0 Å². The second kappa shape index (κ2) is 5.04. The van der Waals surface area contributed by atoms with Crippen molar-refractivity contribution in [2.24, 2.45) is 17.8 Å². The van der Waals surface area contributed by atoms with E-state index in [0.29, 0.717) is 5.88 Å². The Morgan fingerprint density at radius 1 is 1.33 bits per heavy atom. The van der Waals surface area contributed by atoms with Gasteiger partial charge < -0.3 is 4.90 Å². The summed E-state index contributed by atoms with van der Waals surface area (Å²) in [6.45, 7) is 1.11. The average Bonchev–Trinajstić information content (AvgIpc) is 3.01. The van der Waals surface area contributed by atoms with Crippen LogP contribution in [0.5, 0.6) is 0 Å². The molecule has 0 aliphatic heterocycles. The van der Waals surface area contributed by atoms with Crippen LogP contribution in [0.15, 0.2) is 12.4 Å². The molecule has 0 aromatic carbocycles. The van der Waals surface area contributed by atoms with Gasteiger partial charge in [-0.25, -0.2) is 4.98 Å². The number of rotatable bonds is 4. The fraction of sp³-hybridized carbons (Fsp3) is 0.714. The van der Waals surface area contributed by atoms with Gasteiger partial charge in [0.05, 0.1) is 17.8 Å². The highest BCUT2D eigenvalue weighted by molar-refractivity contribution is 6.16. The van der Waals surface area contributed by atoms with E-state index in [9.17, 15) is 0 Å². The average molecular weight is 266 g/mol. The first kappa shape index (κ1) is 12.2. The molecule has 0 N–H and O–H groups in total. The van der Waals surface area contributed by atoms with Crippen molar-refractivity contribution in [3.05, 3.63) is 18.1 Å². The summed E-state index contributed by atoms with van der Waals surface area (Å²) < 4.78 is 0. The molecule has 2 fully saturated rings. The quantitative estimate of drug-likeness (QED) is 0.784. The molecule has 3 atom stereocenters. The van der Waals surface area contributed by atoms with E-state index in [1.54, 1.807) is 6.20 Å². The Hall–Kier alpha value is -0.830. The molecule has 1 heterocycles. The third kappa shape index (κ3) is 2.33. The van der Waals surface area contributed by atoms with Crippen LogP contribution < -0.4 is 4.90 Å². The lowest BCUT2D eigenvalue weighted by Crippen LogP contribution is -2.29. The molecule has 3 nitrogen and oxygen atoms in total. The number of anilines is 1. The number of nitrogens with zero attached hydrogens (tertiary/aromatic N) is 3. The molecule has 1 aromatic heterocycles. The Balaban J connectivity index is 1.65. The van der Waals surface area contributed by atoms with E-state index in [2.05, 4.69) is 21.9 Å². The molecule has 2 aliphatic rings. The van der Waals surface area contributed by atoms with E-state index < -0.39 is 0 Å². The van der Waals surface area contributed by atoms with Crippen molar-refractivity contribution in [2.45, 2.75) is 31.6 Å². The zero-order valence-corrected chi connectivity index (χ0v) is 11.6. The van der Waals surface area contributed by atoms with Crippen molar-refractivity contribution in [3.8, 4) is 0 Å². The Labute approximate surface area is 114 Å². The number of alkyl halides is 1. The topological polar surface area (TPSA) is 29.0 Å². The fourth-order valence-corrected chi connectivity index (χ4v) is 3.82. The summed E-state index contributed by atoms with van der Waals surface area (Å²) in [5, 5.41) is 0. The number of fused-ring (bicyclic) bond motifs is 2. The molecule has 18 heavy (non-hydrogen) atoms. The summed E-state index contributed by atoms with van der Waals surface area (Å²) >= 11 is 5.80. The first-order valence-corrected chi connectivity index (χ1v) is 7.37. The van der Waals surface area contributed by atoms with Gasteiger partial charge in [-0.3, -0.25) is 4.98 Å². The molecule has 0 spiro atoms. The van der Waals surface area contributed by atoms with Gasteiger partial charge in [0.25, 0.3) is 0 Å². The highest BCUT2D eigenvalue weighted by Gasteiger charge is 2.39. The van der Waals surface area contributed by atoms with E-state index in [1.165, 1.54) is 25.7 Å². The molecule has 3 unspecified atom stereocenters. The lowest BCUT2D eigenvalue weighted by Gasteiger charge is -2.27. The first-order chi connectivity index (χ1) is 8.76. The summed E-state index contributed by atoms with van der Waals surface area (Å²) in [5.41, 5.74) is 0.856. The number of hydrogen-bond acceptors (Lipinski definition) is 3. The molecule has 3 rings (SSSR count). The molecule has 2 aliphatic carbocycles. The highest BCUT2D eigenvalue weighted by atomic mass is 35.5. The zero-order valence-electron chi connectivity index (χ0n) is 10.8. The van der Waals surface area contributed by atoms with Crippen LogP contribution in [0.3, 0.4) is 0 Å². The van der Waals surface area contributed by atoms with Gasteiger partial charge >= 0.3 is 0 Å². The summed E-state index contributed by atoms with van der Waals surface area (Å²) in [4.78, 5) is 11.0. The predicted molar refractivity (Wildman–Crippen MR) is 73.8 cm³/mol. The number of aromatic nitrogens is 2. The van der Waals surface area contributed by atoms with Gasteiger partial charge in [0, 0.05) is 19.8 Å². The minimum Gasteiger partial charge on any atom is -0.358 e. The van der Waals surface area contributed by atoms with Crippen molar-refractivity contribution in [3.63, 3.8) is 0 Å². The van der Waals surface area contributed by atoms with Crippen molar-refractivity contribution in [2.75, 3.05) is 18.5 Å². The number of hydrogen-bond donors (Lipinski definition) is 0. The van der Waals surface area contributed by atoms with Crippen LogP contribution in [-0.4, -0.2) is 23.6 Å². The minimum absolute atomic E-state index is 0.433. The van der Waals surface area contributed by atoms with Crippen molar-refractivity contribution in [1.29, 1.82) is 0 Å². The molecule has 2 bridgehead atoms. The lowest BCUT2D eigenvalue weighted by molar-refractivity contribution is 0.337. The van der Waals surface area contributed by atoms with Crippen LogP contribution in [-0.2, 0) is 5.88 Å². The first-order valence-electron chi connectivity index (χ1n) is 6.84. The summed E-state index contributed by atoms with van der Waals surface area (Å²) in [6, 6.07) is 0. The van der Waals surface area contributed by atoms with Crippen LogP contribution >= 0.6 is 11.6 Å². The van der Waals surface area contributed by atoms with Crippen molar-refractivity contribution >= 4 is 17.4 Å². The maximum atomic E-state index is 5.80. The molecule has 1 aromatic rings. The van der Waals surface area contributed by atoms with Gasteiger partial charge in [-0.15, -0.1) is 11.6 Å². The Bertz CT molecular complexity index is 423. The Morgan fingerprint density at radius 2 is 2.22 bits per heavy atom. The normalized spacial score (nSPS) is 29.8. The van der Waals surface area contributed by atoms with Crippen LogP contribution in [0.2, 0.25) is 0 Å². The summed E-state index contributed by atoms with van der Waals surface area (Å²) in [6.07, 6.45) is 9.36. The van der Waals surface area contributed by atoms with Crippen LogP contribution in [0.4, 0.5) is 5.82 Å². The molecule has 0 saturated heterocycles. The van der Waals surface area contributed by atoms with E-state index >= 15 is 0 Å². The molecule has 0 amide bonds. The van der Waals surface area contributed by atoms with Crippen molar-refractivity contribution in [1.82, 2.24) is 9.97 Å². The fourth-order valence-electron chi connectivity index (χ4n) is 3.69. The Kier molecular flexibility index (Phi) is 3.42. The predicted octanol–water partition coefficient (Wildman–Crippen LogP) is 3.09. The summed E-state index contributed by atoms with van der Waals surface area (Å²) in [7, 11) is 2.12. The van der Waals surface area contributed by atoms with Crippen LogP contribution in [0.1, 0.15) is 31.4 Å². The second-order valence-electron chi connectivity index (χ2n) is 5.82. The lowest BCUT2D eigenvalue weighted by atomic mass is 9.88. The van der Waals surface area contributed by atoms with Crippen LogP contribution in [0.25, 0.3) is 0 Å².